The number of anilines is 4. The fourth-order valence-corrected chi connectivity index (χ4v) is 9.45. The van der Waals surface area contributed by atoms with Crippen LogP contribution in [0.25, 0.3) is 23.5 Å². The number of rotatable bonds is 6. The van der Waals surface area contributed by atoms with Crippen LogP contribution in [0.4, 0.5) is 23.0 Å². The molecule has 270 valence electrons. The molecule has 0 saturated carbocycles. The van der Waals surface area contributed by atoms with E-state index < -0.39 is 0 Å². The summed E-state index contributed by atoms with van der Waals surface area (Å²) in [5.74, 6) is 2.41. The van der Waals surface area contributed by atoms with E-state index in [4.69, 9.17) is 0 Å². The van der Waals surface area contributed by atoms with Crippen molar-refractivity contribution in [2.75, 3.05) is 66.3 Å². The molecule has 0 spiro atoms. The van der Waals surface area contributed by atoms with Crippen LogP contribution in [0.5, 0.6) is 0 Å². The lowest BCUT2D eigenvalue weighted by Gasteiger charge is -2.29. The summed E-state index contributed by atoms with van der Waals surface area (Å²) in [6.07, 6.45) is 10.6. The lowest BCUT2D eigenvalue weighted by Crippen LogP contribution is -2.53. The molecule has 4 aromatic carbocycles. The van der Waals surface area contributed by atoms with E-state index in [9.17, 15) is 0 Å². The van der Waals surface area contributed by atoms with E-state index in [0.29, 0.717) is 0 Å². The lowest BCUT2D eigenvalue weighted by atomic mass is 10.2. The van der Waals surface area contributed by atoms with Gasteiger partial charge in [0.05, 0.1) is 33.8 Å². The normalized spacial score (nSPS) is 16.4. The van der Waals surface area contributed by atoms with Crippen molar-refractivity contribution in [1.29, 1.82) is 0 Å². The van der Waals surface area contributed by atoms with Crippen LogP contribution in [-0.2, 0) is 0 Å². The van der Waals surface area contributed by atoms with Crippen LogP contribution in [0, 0.1) is 0 Å². The van der Waals surface area contributed by atoms with Gasteiger partial charge in [-0.25, -0.2) is 9.13 Å². The monoisotopic (exact) mass is 766 g/mol. The van der Waals surface area contributed by atoms with E-state index in [1.807, 2.05) is 23.5 Å². The molecule has 0 unspecified atom stereocenters. The fourth-order valence-electron chi connectivity index (χ4n) is 7.23. The predicted octanol–water partition coefficient (Wildman–Crippen LogP) is 9.50. The second-order valence-electron chi connectivity index (χ2n) is 13.2. The van der Waals surface area contributed by atoms with E-state index >= 15 is 0 Å². The van der Waals surface area contributed by atoms with Crippen LogP contribution in [0.3, 0.4) is 0 Å². The first-order valence-electron chi connectivity index (χ1n) is 18.1. The van der Waals surface area contributed by atoms with Gasteiger partial charge in [-0.05, 0) is 83.9 Å². The number of hydrogen-bond donors (Lipinski definition) is 0. The van der Waals surface area contributed by atoms with Crippen LogP contribution in [0.15, 0.2) is 166 Å². The fraction of sp³-hybridized carbons (Fsp3) is 0.156. The number of piperazine rings is 1. The third kappa shape index (κ3) is 7.21. The Morgan fingerprint density at radius 3 is 1.26 bits per heavy atom. The summed E-state index contributed by atoms with van der Waals surface area (Å²) in [6, 6.07) is 47.9. The van der Waals surface area contributed by atoms with Gasteiger partial charge in [0.15, 0.2) is 0 Å². The Morgan fingerprint density at radius 1 is 0.500 bits per heavy atom. The van der Waals surface area contributed by atoms with Gasteiger partial charge in [0.25, 0.3) is 11.6 Å². The minimum Gasteiger partial charge on any atom is -0.338 e. The Morgan fingerprint density at radius 2 is 0.870 bits per heavy atom. The van der Waals surface area contributed by atoms with E-state index in [1.54, 1.807) is 0 Å². The van der Waals surface area contributed by atoms with Crippen molar-refractivity contribution >= 4 is 70.3 Å². The molecular weight excluding hydrogens is 724 g/mol. The second-order valence-corrected chi connectivity index (χ2v) is 15.4. The van der Waals surface area contributed by atoms with Crippen LogP contribution in [-0.4, -0.2) is 46.7 Å². The SMILES string of the molecule is CCl.CN1/C(=C\c2cc[n+](-c3ccccc3)c(N3CCN(c4cc(/C=C5/Sc6ccccc6N5C)cc[n+]4-c4ccccc4)CC3)c2)Sc2ccccc21. The number of thioether (sulfide) groups is 2. The Kier molecular flexibility index (Phi) is 10.7. The average Bonchev–Trinajstić information content (AvgIpc) is 3.73. The quantitative estimate of drug-likeness (QED) is 0.124. The maximum absolute atomic E-state index is 4.64. The summed E-state index contributed by atoms with van der Waals surface area (Å²) in [4.78, 5) is 12.3. The smallest absolute Gasteiger partial charge is 0.282 e. The van der Waals surface area contributed by atoms with Gasteiger partial charge in [0, 0.05) is 42.4 Å². The molecule has 6 aromatic rings. The van der Waals surface area contributed by atoms with Gasteiger partial charge in [-0.15, -0.1) is 11.6 Å². The van der Waals surface area contributed by atoms with E-state index in [1.165, 1.54) is 71.7 Å². The van der Waals surface area contributed by atoms with Gasteiger partial charge in [-0.3, -0.25) is 9.80 Å². The largest absolute Gasteiger partial charge is 0.338 e. The van der Waals surface area contributed by atoms with Crippen molar-refractivity contribution in [3.8, 4) is 11.4 Å². The molecule has 54 heavy (non-hydrogen) atoms. The van der Waals surface area contributed by atoms with E-state index in [0.717, 1.165) is 26.2 Å². The van der Waals surface area contributed by atoms with Gasteiger partial charge in [-0.2, -0.15) is 0 Å². The van der Waals surface area contributed by atoms with Crippen molar-refractivity contribution in [1.82, 2.24) is 0 Å². The summed E-state index contributed by atoms with van der Waals surface area (Å²) in [5, 5.41) is 2.47. The zero-order valence-electron chi connectivity index (χ0n) is 30.7. The molecule has 6 nitrogen and oxygen atoms in total. The first-order valence-corrected chi connectivity index (χ1v) is 20.5. The molecule has 0 N–H and O–H groups in total. The molecule has 0 atom stereocenters. The highest BCUT2D eigenvalue weighted by atomic mass is 35.5. The third-order valence-corrected chi connectivity index (χ3v) is 12.4. The molecule has 0 radical (unpaired) electrons. The molecular formula is C45H43ClN6S2+2. The number of nitrogens with zero attached hydrogens (tertiary/aromatic N) is 6. The van der Waals surface area contributed by atoms with Crippen molar-refractivity contribution in [3.05, 3.63) is 167 Å². The summed E-state index contributed by atoms with van der Waals surface area (Å²) in [7, 11) is 4.32. The minimum absolute atomic E-state index is 0.904. The highest BCUT2D eigenvalue weighted by Gasteiger charge is 2.33. The molecule has 1 fully saturated rings. The number of para-hydroxylation sites is 4. The molecule has 0 bridgehead atoms. The molecule has 3 aliphatic rings. The Labute approximate surface area is 332 Å². The summed E-state index contributed by atoms with van der Waals surface area (Å²) < 4.78 is 4.67. The number of halogens is 1. The number of benzene rings is 4. The molecule has 0 amide bonds. The molecule has 3 aliphatic heterocycles. The van der Waals surface area contributed by atoms with Gasteiger partial charge >= 0.3 is 0 Å². The van der Waals surface area contributed by atoms with Crippen molar-refractivity contribution in [2.24, 2.45) is 0 Å². The minimum atomic E-state index is 0.904. The number of alkyl halides is 1. The Balaban J connectivity index is 0.00000203. The Bertz CT molecular complexity index is 2160. The number of pyridine rings is 2. The van der Waals surface area contributed by atoms with Crippen molar-refractivity contribution in [2.45, 2.75) is 9.79 Å². The molecule has 9 heteroatoms. The predicted molar refractivity (Wildman–Crippen MR) is 230 cm³/mol. The first-order chi connectivity index (χ1) is 26.6. The molecule has 9 rings (SSSR count). The highest BCUT2D eigenvalue weighted by molar-refractivity contribution is 8.04. The zero-order valence-corrected chi connectivity index (χ0v) is 33.1. The van der Waals surface area contributed by atoms with Crippen molar-refractivity contribution in [3.63, 3.8) is 0 Å². The van der Waals surface area contributed by atoms with Crippen LogP contribution in [0.1, 0.15) is 11.1 Å². The summed E-state index contributed by atoms with van der Waals surface area (Å²) >= 11 is 8.31. The standard InChI is InChI=1S/C44H40N6S2.CH3Cl/c1-45-37-17-9-11-19-39(37)51-43(45)31-33-21-23-49(35-13-5-3-6-14-35)41(29-33)47-25-27-48(28-26-47)42-30-34(22-24-50(42)36-15-7-4-8-16-36)32-44-46(2)38-18-10-12-20-40(38)52-44;1-2/h3-24,29-32H,25-28H2,1-2H3;1H3/q+2;. The van der Waals surface area contributed by atoms with E-state index in [-0.39, 0.29) is 0 Å². The van der Waals surface area contributed by atoms with Crippen LogP contribution in [0.2, 0.25) is 0 Å². The lowest BCUT2D eigenvalue weighted by molar-refractivity contribution is -0.583. The zero-order chi connectivity index (χ0) is 37.0. The maximum Gasteiger partial charge on any atom is 0.282 e. The molecule has 5 heterocycles. The second kappa shape index (κ2) is 16.1. The number of aromatic nitrogens is 2. The summed E-state index contributed by atoms with van der Waals surface area (Å²) in [6.45, 7) is 3.61. The Hall–Kier alpha value is -5.15. The highest BCUT2D eigenvalue weighted by Crippen LogP contribution is 2.46. The maximum atomic E-state index is 4.64. The first kappa shape index (κ1) is 35.9. The number of hydrogen-bond acceptors (Lipinski definition) is 6. The van der Waals surface area contributed by atoms with Gasteiger partial charge in [-0.1, -0.05) is 84.2 Å². The van der Waals surface area contributed by atoms with E-state index in [2.05, 4.69) is 212 Å². The van der Waals surface area contributed by atoms with Gasteiger partial charge in [0.1, 0.15) is 37.6 Å². The van der Waals surface area contributed by atoms with Crippen LogP contribution < -0.4 is 28.7 Å². The van der Waals surface area contributed by atoms with Crippen molar-refractivity contribution < 1.29 is 9.13 Å². The van der Waals surface area contributed by atoms with Gasteiger partial charge < -0.3 is 9.80 Å². The summed E-state index contributed by atoms with van der Waals surface area (Å²) in [5.41, 5.74) is 7.25. The third-order valence-electron chi connectivity index (χ3n) is 10.0. The number of fused-ring (bicyclic) bond motifs is 2. The van der Waals surface area contributed by atoms with Gasteiger partial charge in [0.2, 0.25) is 0 Å². The average molecular weight is 767 g/mol. The van der Waals surface area contributed by atoms with Crippen LogP contribution >= 0.6 is 35.1 Å². The topological polar surface area (TPSA) is 20.7 Å². The molecule has 2 aromatic heterocycles. The molecule has 1 saturated heterocycles. The molecule has 0 aliphatic carbocycles.